The Kier molecular flexibility index (Phi) is 3.87. The van der Waals surface area contributed by atoms with Crippen LogP contribution in [0.1, 0.15) is 16.1 Å². The topological polar surface area (TPSA) is 75.1 Å². The van der Waals surface area contributed by atoms with E-state index in [1.807, 2.05) is 0 Å². The maximum absolute atomic E-state index is 11.9. The highest BCUT2D eigenvalue weighted by molar-refractivity contribution is 6.31. The van der Waals surface area contributed by atoms with Crippen molar-refractivity contribution >= 4 is 35.1 Å². The van der Waals surface area contributed by atoms with Gasteiger partial charge in [0.05, 0.1) is 5.56 Å². The van der Waals surface area contributed by atoms with E-state index in [9.17, 15) is 9.90 Å². The maximum atomic E-state index is 11.9. The smallest absolute Gasteiger partial charge is 0.261 e. The number of aryl methyl sites for hydroxylation is 1. The zero-order chi connectivity index (χ0) is 14.0. The van der Waals surface area contributed by atoms with Crippen LogP contribution in [0.5, 0.6) is 5.75 Å². The molecular weight excluding hydrogens is 289 g/mol. The van der Waals surface area contributed by atoms with E-state index in [0.717, 1.165) is 0 Å². The van der Waals surface area contributed by atoms with Crippen LogP contribution in [-0.4, -0.2) is 21.0 Å². The third-order valence-corrected chi connectivity index (χ3v) is 2.68. The zero-order valence-corrected chi connectivity index (χ0v) is 11.3. The molecule has 7 heteroatoms. The highest BCUT2D eigenvalue weighted by atomic mass is 35.5. The number of nitrogens with one attached hydrogen (secondary N) is 1. The molecule has 1 heterocycles. The predicted octanol–water partition coefficient (Wildman–Crippen LogP) is 3.05. The number of hydrogen-bond acceptors (Lipinski definition) is 4. The molecule has 98 valence electrons. The van der Waals surface area contributed by atoms with Crippen molar-refractivity contribution in [2.45, 2.75) is 6.92 Å². The van der Waals surface area contributed by atoms with Crippen LogP contribution in [-0.2, 0) is 0 Å². The van der Waals surface area contributed by atoms with Gasteiger partial charge < -0.3 is 5.11 Å². The van der Waals surface area contributed by atoms with Crippen molar-refractivity contribution in [3.05, 3.63) is 45.7 Å². The average molecular weight is 298 g/mol. The third-order valence-electron chi connectivity index (χ3n) is 2.25. The van der Waals surface area contributed by atoms with Gasteiger partial charge >= 0.3 is 0 Å². The summed E-state index contributed by atoms with van der Waals surface area (Å²) in [5, 5.41) is 12.7. The van der Waals surface area contributed by atoms with Gasteiger partial charge in [-0.1, -0.05) is 23.2 Å². The highest BCUT2D eigenvalue weighted by Gasteiger charge is 2.13. The van der Waals surface area contributed by atoms with Crippen LogP contribution in [0.15, 0.2) is 24.3 Å². The van der Waals surface area contributed by atoms with Gasteiger partial charge in [0.1, 0.15) is 10.9 Å². The Morgan fingerprint density at radius 1 is 1.26 bits per heavy atom. The molecule has 1 aromatic carbocycles. The van der Waals surface area contributed by atoms with Gasteiger partial charge in [-0.25, -0.2) is 9.97 Å². The summed E-state index contributed by atoms with van der Waals surface area (Å²) in [6.45, 7) is 1.73. The van der Waals surface area contributed by atoms with Crippen molar-refractivity contribution in [3.8, 4) is 5.75 Å². The van der Waals surface area contributed by atoms with E-state index in [4.69, 9.17) is 23.2 Å². The molecule has 0 atom stereocenters. The van der Waals surface area contributed by atoms with Crippen molar-refractivity contribution < 1.29 is 9.90 Å². The molecule has 0 aliphatic heterocycles. The van der Waals surface area contributed by atoms with E-state index in [0.29, 0.717) is 10.7 Å². The number of benzene rings is 1. The number of aromatic nitrogens is 2. The van der Waals surface area contributed by atoms with Crippen molar-refractivity contribution in [1.82, 2.24) is 9.97 Å². The van der Waals surface area contributed by atoms with Crippen LogP contribution in [0, 0.1) is 6.92 Å². The van der Waals surface area contributed by atoms with Gasteiger partial charge in [0.2, 0.25) is 5.95 Å². The number of phenols is 1. The Bertz CT molecular complexity index is 627. The monoisotopic (exact) mass is 297 g/mol. The number of aromatic hydroxyl groups is 1. The number of amides is 1. The first-order valence-corrected chi connectivity index (χ1v) is 6.02. The molecule has 5 nitrogen and oxygen atoms in total. The van der Waals surface area contributed by atoms with E-state index in [2.05, 4.69) is 15.3 Å². The minimum Gasteiger partial charge on any atom is -0.507 e. The maximum Gasteiger partial charge on any atom is 0.261 e. The second-order valence-electron chi connectivity index (χ2n) is 3.77. The molecule has 19 heavy (non-hydrogen) atoms. The fourth-order valence-electron chi connectivity index (χ4n) is 1.45. The number of halogens is 2. The summed E-state index contributed by atoms with van der Waals surface area (Å²) in [7, 11) is 0. The Balaban J connectivity index is 2.25. The number of carbonyl (C=O) groups is 1. The summed E-state index contributed by atoms with van der Waals surface area (Å²) < 4.78 is 0. The van der Waals surface area contributed by atoms with Gasteiger partial charge in [-0.15, -0.1) is 0 Å². The van der Waals surface area contributed by atoms with E-state index >= 15 is 0 Å². The quantitative estimate of drug-likeness (QED) is 0.836. The Hall–Kier alpha value is -1.85. The van der Waals surface area contributed by atoms with Gasteiger partial charge in [-0.3, -0.25) is 10.1 Å². The fourth-order valence-corrected chi connectivity index (χ4v) is 1.86. The summed E-state index contributed by atoms with van der Waals surface area (Å²) in [6.07, 6.45) is 0. The lowest BCUT2D eigenvalue weighted by Crippen LogP contribution is -2.14. The molecule has 0 saturated carbocycles. The van der Waals surface area contributed by atoms with Crippen molar-refractivity contribution in [1.29, 1.82) is 0 Å². The lowest BCUT2D eigenvalue weighted by atomic mass is 10.2. The summed E-state index contributed by atoms with van der Waals surface area (Å²) in [6, 6.07) is 5.75. The Labute approximate surface area is 119 Å². The summed E-state index contributed by atoms with van der Waals surface area (Å²) in [4.78, 5) is 19.8. The van der Waals surface area contributed by atoms with Crippen molar-refractivity contribution in [2.75, 3.05) is 5.32 Å². The van der Waals surface area contributed by atoms with Gasteiger partial charge in [0, 0.05) is 10.7 Å². The van der Waals surface area contributed by atoms with Gasteiger partial charge in [0.15, 0.2) is 0 Å². The van der Waals surface area contributed by atoms with E-state index in [1.54, 1.807) is 13.0 Å². The molecule has 0 spiro atoms. The molecule has 1 aromatic heterocycles. The standard InChI is InChI=1S/C12H9Cl2N3O2/c1-6-4-10(14)16-12(15-6)17-11(19)8-3-2-7(13)5-9(8)18/h2-5,18H,1H3,(H,15,16,17,19). The lowest BCUT2D eigenvalue weighted by molar-refractivity contribution is 0.102. The minimum atomic E-state index is -0.546. The molecule has 2 N–H and O–H groups in total. The van der Waals surface area contributed by atoms with Crippen LogP contribution in [0.2, 0.25) is 10.2 Å². The molecule has 0 aliphatic rings. The molecule has 0 unspecified atom stereocenters. The largest absolute Gasteiger partial charge is 0.507 e. The number of nitrogens with zero attached hydrogens (tertiary/aromatic N) is 2. The minimum absolute atomic E-state index is 0.0735. The normalized spacial score (nSPS) is 10.3. The molecule has 0 fully saturated rings. The lowest BCUT2D eigenvalue weighted by Gasteiger charge is -2.06. The summed E-state index contributed by atoms with van der Waals surface area (Å²) >= 11 is 11.5. The van der Waals surface area contributed by atoms with Crippen molar-refractivity contribution in [3.63, 3.8) is 0 Å². The van der Waals surface area contributed by atoms with Crippen LogP contribution >= 0.6 is 23.2 Å². The number of carbonyl (C=O) groups excluding carboxylic acids is 1. The SMILES string of the molecule is Cc1cc(Cl)nc(NC(=O)c2ccc(Cl)cc2O)n1. The van der Waals surface area contributed by atoms with Crippen LogP contribution in [0.4, 0.5) is 5.95 Å². The van der Waals surface area contributed by atoms with Crippen LogP contribution in [0.25, 0.3) is 0 Å². The number of anilines is 1. The zero-order valence-electron chi connectivity index (χ0n) is 9.82. The highest BCUT2D eigenvalue weighted by Crippen LogP contribution is 2.22. The summed E-state index contributed by atoms with van der Waals surface area (Å²) in [5.41, 5.74) is 0.696. The molecule has 0 radical (unpaired) electrons. The Morgan fingerprint density at radius 3 is 2.63 bits per heavy atom. The van der Waals surface area contributed by atoms with Gasteiger partial charge in [-0.2, -0.15) is 0 Å². The third kappa shape index (κ3) is 3.33. The Morgan fingerprint density at radius 2 is 2.00 bits per heavy atom. The van der Waals surface area contributed by atoms with Gasteiger partial charge in [-0.05, 0) is 31.2 Å². The summed E-state index contributed by atoms with van der Waals surface area (Å²) in [5.74, 6) is -0.691. The first-order chi connectivity index (χ1) is 8.95. The second kappa shape index (κ2) is 5.42. The number of hydrogen-bond donors (Lipinski definition) is 2. The second-order valence-corrected chi connectivity index (χ2v) is 4.59. The molecule has 0 saturated heterocycles. The number of rotatable bonds is 2. The van der Waals surface area contributed by atoms with E-state index < -0.39 is 5.91 Å². The first kappa shape index (κ1) is 13.6. The first-order valence-electron chi connectivity index (χ1n) is 5.27. The van der Waals surface area contributed by atoms with Crippen LogP contribution in [0.3, 0.4) is 0 Å². The molecule has 2 rings (SSSR count). The van der Waals surface area contributed by atoms with Crippen LogP contribution < -0.4 is 5.32 Å². The molecule has 0 aliphatic carbocycles. The van der Waals surface area contributed by atoms with Gasteiger partial charge in [0.25, 0.3) is 5.91 Å². The molecule has 0 bridgehead atoms. The van der Waals surface area contributed by atoms with Crippen molar-refractivity contribution in [2.24, 2.45) is 0 Å². The van der Waals surface area contributed by atoms with E-state index in [1.165, 1.54) is 18.2 Å². The molecule has 2 aromatic rings. The average Bonchev–Trinajstić information content (AvgIpc) is 2.26. The number of phenolic OH excluding ortho intramolecular Hbond substituents is 1. The van der Waals surface area contributed by atoms with E-state index in [-0.39, 0.29) is 22.4 Å². The molecule has 1 amide bonds. The molecular formula is C12H9Cl2N3O2. The predicted molar refractivity (Wildman–Crippen MR) is 72.8 cm³/mol. The fraction of sp³-hybridized carbons (Fsp3) is 0.0833.